The van der Waals surface area contributed by atoms with Crippen molar-refractivity contribution in [2.45, 2.75) is 19.4 Å². The molecular formula is C11H15N3O2. The van der Waals surface area contributed by atoms with Crippen molar-refractivity contribution in [3.63, 3.8) is 0 Å². The summed E-state index contributed by atoms with van der Waals surface area (Å²) in [6.45, 7) is 2.42. The van der Waals surface area contributed by atoms with Gasteiger partial charge in [-0.2, -0.15) is 5.10 Å². The van der Waals surface area contributed by atoms with Gasteiger partial charge in [0.05, 0.1) is 11.8 Å². The molecule has 0 radical (unpaired) electrons. The number of aliphatic carboxylic acids is 1. The van der Waals surface area contributed by atoms with Gasteiger partial charge in [-0.15, -0.1) is 0 Å². The molecular weight excluding hydrogens is 206 g/mol. The fourth-order valence-electron chi connectivity index (χ4n) is 1.08. The monoisotopic (exact) mass is 221 g/mol. The van der Waals surface area contributed by atoms with Gasteiger partial charge in [0.1, 0.15) is 6.04 Å². The van der Waals surface area contributed by atoms with E-state index in [2.05, 4.69) is 22.3 Å². The standard InChI is InChI=1S/C11H15N3O2/c1-9(11(15)16)14-8-10(7-13-14)5-3-4-6-12-2/h7-9,12H,4,6H2,1-2H3,(H,15,16)/t9-/m0/s1. The summed E-state index contributed by atoms with van der Waals surface area (Å²) in [5, 5.41) is 15.7. The van der Waals surface area contributed by atoms with E-state index in [-0.39, 0.29) is 0 Å². The van der Waals surface area contributed by atoms with E-state index >= 15 is 0 Å². The molecule has 1 heterocycles. The van der Waals surface area contributed by atoms with Gasteiger partial charge in [-0.05, 0) is 14.0 Å². The normalized spacial score (nSPS) is 11.6. The smallest absolute Gasteiger partial charge is 0.328 e. The Kier molecular flexibility index (Phi) is 4.55. The van der Waals surface area contributed by atoms with Crippen molar-refractivity contribution in [1.29, 1.82) is 0 Å². The third kappa shape index (κ3) is 3.41. The Morgan fingerprint density at radius 2 is 2.50 bits per heavy atom. The maximum atomic E-state index is 10.7. The number of hydrogen-bond acceptors (Lipinski definition) is 3. The van der Waals surface area contributed by atoms with Gasteiger partial charge in [0, 0.05) is 19.2 Å². The van der Waals surface area contributed by atoms with Crippen LogP contribution in [0.1, 0.15) is 24.9 Å². The van der Waals surface area contributed by atoms with E-state index in [0.29, 0.717) is 0 Å². The summed E-state index contributed by atoms with van der Waals surface area (Å²) >= 11 is 0. The molecule has 0 fully saturated rings. The maximum absolute atomic E-state index is 10.7. The molecule has 5 nitrogen and oxygen atoms in total. The van der Waals surface area contributed by atoms with Crippen LogP contribution in [0.4, 0.5) is 0 Å². The van der Waals surface area contributed by atoms with Gasteiger partial charge in [-0.3, -0.25) is 4.68 Å². The van der Waals surface area contributed by atoms with Gasteiger partial charge >= 0.3 is 5.97 Å². The Hall–Kier alpha value is -1.80. The highest BCUT2D eigenvalue weighted by molar-refractivity contribution is 5.71. The van der Waals surface area contributed by atoms with Gasteiger partial charge < -0.3 is 10.4 Å². The van der Waals surface area contributed by atoms with E-state index in [1.165, 1.54) is 4.68 Å². The van der Waals surface area contributed by atoms with E-state index in [1.807, 2.05) is 7.05 Å². The Labute approximate surface area is 94.5 Å². The Balaban J connectivity index is 2.63. The molecule has 0 saturated carbocycles. The van der Waals surface area contributed by atoms with Gasteiger partial charge in [-0.1, -0.05) is 11.8 Å². The molecule has 1 atom stereocenters. The van der Waals surface area contributed by atoms with Crippen LogP contribution in [0.15, 0.2) is 12.4 Å². The highest BCUT2D eigenvalue weighted by Gasteiger charge is 2.13. The third-order valence-electron chi connectivity index (χ3n) is 2.09. The molecule has 0 aromatic carbocycles. The van der Waals surface area contributed by atoms with Gasteiger partial charge in [-0.25, -0.2) is 4.79 Å². The van der Waals surface area contributed by atoms with E-state index in [9.17, 15) is 4.79 Å². The lowest BCUT2D eigenvalue weighted by Crippen LogP contribution is -2.15. The van der Waals surface area contributed by atoms with Crippen molar-refractivity contribution < 1.29 is 9.90 Å². The molecule has 86 valence electrons. The fourth-order valence-corrected chi connectivity index (χ4v) is 1.08. The van der Waals surface area contributed by atoms with Crippen LogP contribution in [0, 0.1) is 11.8 Å². The molecule has 16 heavy (non-hydrogen) atoms. The first-order valence-corrected chi connectivity index (χ1v) is 5.05. The Morgan fingerprint density at radius 1 is 1.75 bits per heavy atom. The number of carbonyl (C=O) groups is 1. The minimum Gasteiger partial charge on any atom is -0.480 e. The van der Waals surface area contributed by atoms with Gasteiger partial charge in [0.2, 0.25) is 0 Å². The van der Waals surface area contributed by atoms with Crippen LogP contribution < -0.4 is 5.32 Å². The largest absolute Gasteiger partial charge is 0.480 e. The summed E-state index contributed by atoms with van der Waals surface area (Å²) in [5.41, 5.74) is 0.740. The number of hydrogen-bond donors (Lipinski definition) is 2. The first-order valence-electron chi connectivity index (χ1n) is 5.05. The maximum Gasteiger partial charge on any atom is 0.328 e. The molecule has 0 aliphatic rings. The van der Waals surface area contributed by atoms with Crippen molar-refractivity contribution in [1.82, 2.24) is 15.1 Å². The second kappa shape index (κ2) is 5.93. The topological polar surface area (TPSA) is 67.2 Å². The summed E-state index contributed by atoms with van der Waals surface area (Å²) < 4.78 is 1.39. The SMILES string of the molecule is CNCCC#Cc1cnn([C@@H](C)C(=O)O)c1. The number of nitrogens with zero attached hydrogens (tertiary/aromatic N) is 2. The predicted octanol–water partition coefficient (Wildman–Crippen LogP) is 0.490. The van der Waals surface area contributed by atoms with Crippen LogP contribution in [-0.2, 0) is 4.79 Å². The Bertz CT molecular complexity index is 414. The molecule has 0 unspecified atom stereocenters. The molecule has 1 aromatic heterocycles. The van der Waals surface area contributed by atoms with Crippen molar-refractivity contribution in [3.05, 3.63) is 18.0 Å². The molecule has 1 rings (SSSR count). The van der Waals surface area contributed by atoms with Gasteiger partial charge in [0.25, 0.3) is 0 Å². The van der Waals surface area contributed by atoms with Crippen molar-refractivity contribution in [2.24, 2.45) is 0 Å². The number of carboxylic acids is 1. The van der Waals surface area contributed by atoms with Crippen LogP contribution in [0.3, 0.4) is 0 Å². The van der Waals surface area contributed by atoms with E-state index < -0.39 is 12.0 Å². The molecule has 0 amide bonds. The second-order valence-electron chi connectivity index (χ2n) is 3.38. The number of aromatic nitrogens is 2. The fraction of sp³-hybridized carbons (Fsp3) is 0.455. The first-order chi connectivity index (χ1) is 7.65. The summed E-state index contributed by atoms with van der Waals surface area (Å²) in [5.74, 6) is 4.99. The molecule has 0 bridgehead atoms. The first kappa shape index (κ1) is 12.3. The number of carboxylic acid groups (broad SMARTS) is 1. The summed E-state index contributed by atoms with van der Waals surface area (Å²) in [6.07, 6.45) is 3.98. The summed E-state index contributed by atoms with van der Waals surface area (Å²) in [4.78, 5) is 10.7. The van der Waals surface area contributed by atoms with E-state index in [1.54, 1.807) is 19.3 Å². The zero-order valence-corrected chi connectivity index (χ0v) is 9.40. The van der Waals surface area contributed by atoms with E-state index in [4.69, 9.17) is 5.11 Å². The second-order valence-corrected chi connectivity index (χ2v) is 3.38. The molecule has 0 aliphatic heterocycles. The number of nitrogens with one attached hydrogen (secondary N) is 1. The van der Waals surface area contributed by atoms with Crippen LogP contribution in [-0.4, -0.2) is 34.4 Å². The van der Waals surface area contributed by atoms with Crippen LogP contribution in [0.5, 0.6) is 0 Å². The van der Waals surface area contributed by atoms with Crippen molar-refractivity contribution >= 4 is 5.97 Å². The quantitative estimate of drug-likeness (QED) is 0.573. The van der Waals surface area contributed by atoms with Crippen LogP contribution in [0.2, 0.25) is 0 Å². The lowest BCUT2D eigenvalue weighted by atomic mass is 10.3. The summed E-state index contributed by atoms with van der Waals surface area (Å²) in [6, 6.07) is -0.659. The molecule has 1 aromatic rings. The predicted molar refractivity (Wildman–Crippen MR) is 60.0 cm³/mol. The van der Waals surface area contributed by atoms with Crippen molar-refractivity contribution in [2.75, 3.05) is 13.6 Å². The van der Waals surface area contributed by atoms with Crippen LogP contribution >= 0.6 is 0 Å². The third-order valence-corrected chi connectivity index (χ3v) is 2.09. The number of rotatable bonds is 4. The molecule has 2 N–H and O–H groups in total. The zero-order chi connectivity index (χ0) is 12.0. The minimum atomic E-state index is -0.905. The zero-order valence-electron chi connectivity index (χ0n) is 9.40. The molecule has 0 spiro atoms. The highest BCUT2D eigenvalue weighted by Crippen LogP contribution is 2.05. The van der Waals surface area contributed by atoms with E-state index in [0.717, 1.165) is 18.5 Å². The van der Waals surface area contributed by atoms with Gasteiger partial charge in [0.15, 0.2) is 0 Å². The van der Waals surface area contributed by atoms with Crippen molar-refractivity contribution in [3.8, 4) is 11.8 Å². The molecule has 0 saturated heterocycles. The van der Waals surface area contributed by atoms with Crippen LogP contribution in [0.25, 0.3) is 0 Å². The average Bonchev–Trinajstić information content (AvgIpc) is 2.72. The average molecular weight is 221 g/mol. The minimum absolute atomic E-state index is 0.659. The molecule has 5 heteroatoms. The lowest BCUT2D eigenvalue weighted by Gasteiger charge is -2.04. The summed E-state index contributed by atoms with van der Waals surface area (Å²) in [7, 11) is 1.87. The molecule has 0 aliphatic carbocycles. The lowest BCUT2D eigenvalue weighted by molar-refractivity contribution is -0.140. The highest BCUT2D eigenvalue weighted by atomic mass is 16.4. The Morgan fingerprint density at radius 3 is 3.12 bits per heavy atom.